The molecule has 0 fully saturated rings. The Morgan fingerprint density at radius 1 is 1.41 bits per heavy atom. The van der Waals surface area contributed by atoms with Crippen molar-refractivity contribution in [3.8, 4) is 0 Å². The average molecular weight is 235 g/mol. The van der Waals surface area contributed by atoms with Crippen molar-refractivity contribution in [3.05, 3.63) is 62.9 Å². The maximum Gasteiger partial charge on any atom is 0.335 e. The highest BCUT2D eigenvalue weighted by molar-refractivity contribution is 5.95. The molecule has 0 bridgehead atoms. The molecule has 1 N–H and O–H groups in total. The van der Waals surface area contributed by atoms with Crippen LogP contribution in [0.2, 0.25) is 0 Å². The number of pyridine rings is 1. The standard InChI is InChI=1S/C10H6FN3O3/c11-7-5-13-10(17)14(9(7)16)8(15)6-2-1-3-12-4-6/h1-5H,(H,13,17). The van der Waals surface area contributed by atoms with Crippen molar-refractivity contribution in [2.45, 2.75) is 0 Å². The first-order chi connectivity index (χ1) is 8.11. The van der Waals surface area contributed by atoms with Crippen LogP contribution < -0.4 is 11.2 Å². The molecular weight excluding hydrogens is 229 g/mol. The van der Waals surface area contributed by atoms with Crippen molar-refractivity contribution in [3.63, 3.8) is 0 Å². The highest BCUT2D eigenvalue weighted by atomic mass is 19.1. The van der Waals surface area contributed by atoms with Crippen molar-refractivity contribution < 1.29 is 9.18 Å². The quantitative estimate of drug-likeness (QED) is 0.739. The van der Waals surface area contributed by atoms with Gasteiger partial charge in [-0.05, 0) is 12.1 Å². The zero-order valence-electron chi connectivity index (χ0n) is 8.38. The topological polar surface area (TPSA) is 84.8 Å². The number of halogens is 1. The molecule has 0 aliphatic heterocycles. The number of nitrogens with zero attached hydrogens (tertiary/aromatic N) is 2. The molecule has 0 unspecified atom stereocenters. The highest BCUT2D eigenvalue weighted by Crippen LogP contribution is 1.96. The Balaban J connectivity index is 2.64. The zero-order valence-corrected chi connectivity index (χ0v) is 8.38. The van der Waals surface area contributed by atoms with Crippen molar-refractivity contribution in [2.75, 3.05) is 0 Å². The molecule has 0 amide bonds. The van der Waals surface area contributed by atoms with E-state index in [0.717, 1.165) is 0 Å². The summed E-state index contributed by atoms with van der Waals surface area (Å²) in [6.07, 6.45) is 3.21. The third kappa shape index (κ3) is 1.89. The molecule has 0 aromatic carbocycles. The van der Waals surface area contributed by atoms with Crippen molar-refractivity contribution in [1.29, 1.82) is 0 Å². The van der Waals surface area contributed by atoms with Crippen LogP contribution in [0.5, 0.6) is 0 Å². The van der Waals surface area contributed by atoms with Gasteiger partial charge in [-0.2, -0.15) is 8.96 Å². The summed E-state index contributed by atoms with van der Waals surface area (Å²) in [7, 11) is 0. The van der Waals surface area contributed by atoms with Gasteiger partial charge in [0.2, 0.25) is 5.82 Å². The SMILES string of the molecule is O=C(c1cccnc1)n1c(=O)[nH]cc(F)c1=O. The van der Waals surface area contributed by atoms with Gasteiger partial charge in [-0.25, -0.2) is 4.79 Å². The van der Waals surface area contributed by atoms with Gasteiger partial charge in [0.05, 0.1) is 5.56 Å². The molecule has 6 nitrogen and oxygen atoms in total. The first-order valence-electron chi connectivity index (χ1n) is 4.56. The number of carbonyl (C=O) groups is 1. The summed E-state index contributed by atoms with van der Waals surface area (Å²) in [4.78, 5) is 40.0. The van der Waals surface area contributed by atoms with E-state index < -0.39 is 23.0 Å². The Labute approximate surface area is 93.4 Å². The van der Waals surface area contributed by atoms with Crippen molar-refractivity contribution in [1.82, 2.24) is 14.5 Å². The predicted octanol–water partition coefficient (Wildman–Crippen LogP) is -0.241. The maximum absolute atomic E-state index is 13.0. The largest absolute Gasteiger partial charge is 0.335 e. The van der Waals surface area contributed by atoms with E-state index in [1.54, 1.807) is 0 Å². The fraction of sp³-hybridized carbons (Fsp3) is 0. The molecule has 0 saturated heterocycles. The third-order valence-electron chi connectivity index (χ3n) is 2.04. The lowest BCUT2D eigenvalue weighted by Crippen LogP contribution is -2.41. The molecule has 2 aromatic rings. The van der Waals surface area contributed by atoms with E-state index in [1.165, 1.54) is 24.5 Å². The normalized spacial score (nSPS) is 10.2. The maximum atomic E-state index is 13.0. The van der Waals surface area contributed by atoms with E-state index in [0.29, 0.717) is 6.20 Å². The molecule has 0 aliphatic carbocycles. The lowest BCUT2D eigenvalue weighted by molar-refractivity contribution is 0.0948. The Morgan fingerprint density at radius 2 is 2.18 bits per heavy atom. The van der Waals surface area contributed by atoms with Gasteiger partial charge < -0.3 is 4.98 Å². The van der Waals surface area contributed by atoms with E-state index >= 15 is 0 Å². The van der Waals surface area contributed by atoms with Gasteiger partial charge in [0, 0.05) is 18.6 Å². The van der Waals surface area contributed by atoms with E-state index in [4.69, 9.17) is 0 Å². The zero-order chi connectivity index (χ0) is 12.4. The van der Waals surface area contributed by atoms with Crippen LogP contribution in [-0.4, -0.2) is 20.4 Å². The molecule has 86 valence electrons. The molecule has 0 aliphatic rings. The van der Waals surface area contributed by atoms with Crippen LogP contribution in [0.15, 0.2) is 40.3 Å². The summed E-state index contributed by atoms with van der Waals surface area (Å²) >= 11 is 0. The van der Waals surface area contributed by atoms with Crippen molar-refractivity contribution >= 4 is 5.91 Å². The van der Waals surface area contributed by atoms with Crippen LogP contribution >= 0.6 is 0 Å². The molecule has 0 saturated carbocycles. The van der Waals surface area contributed by atoms with Gasteiger partial charge >= 0.3 is 5.69 Å². The molecule has 7 heteroatoms. The smallest absolute Gasteiger partial charge is 0.311 e. The number of hydrogen-bond donors (Lipinski definition) is 1. The van der Waals surface area contributed by atoms with Gasteiger partial charge in [-0.1, -0.05) is 0 Å². The van der Waals surface area contributed by atoms with Gasteiger partial charge in [0.15, 0.2) is 0 Å². The Kier molecular flexibility index (Phi) is 2.65. The van der Waals surface area contributed by atoms with E-state index in [2.05, 4.69) is 4.98 Å². The van der Waals surface area contributed by atoms with Crippen molar-refractivity contribution in [2.24, 2.45) is 0 Å². The third-order valence-corrected chi connectivity index (χ3v) is 2.04. The fourth-order valence-electron chi connectivity index (χ4n) is 1.25. The molecule has 2 rings (SSSR count). The minimum atomic E-state index is -1.29. The highest BCUT2D eigenvalue weighted by Gasteiger charge is 2.16. The molecule has 17 heavy (non-hydrogen) atoms. The number of rotatable bonds is 1. The molecule has 0 radical (unpaired) electrons. The Hall–Kier alpha value is -2.57. The van der Waals surface area contributed by atoms with Gasteiger partial charge in [-0.3, -0.25) is 14.6 Å². The summed E-state index contributed by atoms with van der Waals surface area (Å²) in [5.74, 6) is -2.13. The average Bonchev–Trinajstić information content (AvgIpc) is 2.35. The number of aromatic amines is 1. The summed E-state index contributed by atoms with van der Waals surface area (Å²) in [5, 5.41) is 0. The fourth-order valence-corrected chi connectivity index (χ4v) is 1.25. The van der Waals surface area contributed by atoms with Crippen LogP contribution in [-0.2, 0) is 0 Å². The lowest BCUT2D eigenvalue weighted by atomic mass is 10.2. The van der Waals surface area contributed by atoms with Gasteiger partial charge in [0.25, 0.3) is 11.5 Å². The van der Waals surface area contributed by atoms with Crippen LogP contribution in [0.4, 0.5) is 4.39 Å². The number of carbonyl (C=O) groups excluding carboxylic acids is 1. The molecule has 0 atom stereocenters. The molecule has 0 spiro atoms. The summed E-state index contributed by atoms with van der Waals surface area (Å²) in [5.41, 5.74) is -2.27. The first kappa shape index (κ1) is 10.9. The van der Waals surface area contributed by atoms with Crippen LogP contribution in [0, 0.1) is 5.82 Å². The second kappa shape index (κ2) is 4.12. The van der Waals surface area contributed by atoms with Gasteiger partial charge in [-0.15, -0.1) is 0 Å². The lowest BCUT2D eigenvalue weighted by Gasteiger charge is -2.01. The Bertz CT molecular complexity index is 675. The minimum absolute atomic E-state index is 0.0192. The summed E-state index contributed by atoms with van der Waals surface area (Å²) < 4.78 is 13.2. The summed E-state index contributed by atoms with van der Waals surface area (Å²) in [6.45, 7) is 0. The van der Waals surface area contributed by atoms with E-state index in [-0.39, 0.29) is 10.1 Å². The van der Waals surface area contributed by atoms with Crippen LogP contribution in [0.25, 0.3) is 0 Å². The predicted molar refractivity (Wildman–Crippen MR) is 55.2 cm³/mol. The second-order valence-corrected chi connectivity index (χ2v) is 3.13. The number of H-pyrrole nitrogens is 1. The molecule has 2 aromatic heterocycles. The first-order valence-corrected chi connectivity index (χ1v) is 4.56. The molecule has 2 heterocycles. The van der Waals surface area contributed by atoms with E-state index in [9.17, 15) is 18.8 Å². The number of hydrogen-bond acceptors (Lipinski definition) is 4. The van der Waals surface area contributed by atoms with Gasteiger partial charge in [0.1, 0.15) is 0 Å². The van der Waals surface area contributed by atoms with Crippen LogP contribution in [0.3, 0.4) is 0 Å². The summed E-state index contributed by atoms with van der Waals surface area (Å²) in [6, 6.07) is 2.83. The second-order valence-electron chi connectivity index (χ2n) is 3.13. The monoisotopic (exact) mass is 235 g/mol. The number of aromatic nitrogens is 3. The minimum Gasteiger partial charge on any atom is -0.311 e. The number of nitrogens with one attached hydrogen (secondary N) is 1. The Morgan fingerprint density at radius 3 is 2.82 bits per heavy atom. The van der Waals surface area contributed by atoms with Crippen LogP contribution in [0.1, 0.15) is 10.4 Å². The van der Waals surface area contributed by atoms with E-state index in [1.807, 2.05) is 4.98 Å². The molecular formula is C10H6FN3O3.